The van der Waals surface area contributed by atoms with Gasteiger partial charge in [-0.25, -0.2) is 8.42 Å². The molecule has 1 aromatic carbocycles. The van der Waals surface area contributed by atoms with E-state index in [4.69, 9.17) is 0 Å². The smallest absolute Gasteiger partial charge is 0.302 e. The molecule has 0 aliphatic heterocycles. The standard InChI is InChI=1S/C13H17NO5S/c1-10(15)14-12-4-6-13(7-5-12)20(17,18)9-3-8-19-11(2)16/h4-7H,3,8-9H2,1-2H3,(H,14,15). The predicted molar refractivity (Wildman–Crippen MR) is 74.0 cm³/mol. The van der Waals surface area contributed by atoms with Crippen molar-refractivity contribution in [2.24, 2.45) is 0 Å². The molecule has 0 aliphatic carbocycles. The molecule has 0 bridgehead atoms. The van der Waals surface area contributed by atoms with Gasteiger partial charge in [-0.3, -0.25) is 9.59 Å². The van der Waals surface area contributed by atoms with Crippen LogP contribution in [0, 0.1) is 0 Å². The summed E-state index contributed by atoms with van der Waals surface area (Å²) in [5.74, 6) is -0.746. The summed E-state index contributed by atoms with van der Waals surface area (Å²) in [5, 5.41) is 2.56. The molecule has 1 N–H and O–H groups in total. The molecule has 0 unspecified atom stereocenters. The Morgan fingerprint density at radius 2 is 1.75 bits per heavy atom. The van der Waals surface area contributed by atoms with E-state index in [1.54, 1.807) is 0 Å². The Bertz CT molecular complexity index is 577. The van der Waals surface area contributed by atoms with Crippen LogP contribution in [0.2, 0.25) is 0 Å². The number of hydrogen-bond acceptors (Lipinski definition) is 5. The predicted octanol–water partition coefficient (Wildman–Crippen LogP) is 1.37. The maximum absolute atomic E-state index is 12.0. The number of nitrogens with one attached hydrogen (secondary N) is 1. The lowest BCUT2D eigenvalue weighted by atomic mass is 10.3. The summed E-state index contributed by atoms with van der Waals surface area (Å²) in [6, 6.07) is 5.93. The van der Waals surface area contributed by atoms with Gasteiger partial charge in [0.2, 0.25) is 5.91 Å². The molecule has 1 rings (SSSR count). The molecule has 0 heterocycles. The van der Waals surface area contributed by atoms with E-state index in [0.29, 0.717) is 5.69 Å². The van der Waals surface area contributed by atoms with Crippen LogP contribution in [0.15, 0.2) is 29.2 Å². The summed E-state index contributed by atoms with van der Waals surface area (Å²) in [7, 11) is -3.41. The average Bonchev–Trinajstić information content (AvgIpc) is 2.34. The zero-order valence-electron chi connectivity index (χ0n) is 11.4. The SMILES string of the molecule is CC(=O)Nc1ccc(S(=O)(=O)CCCOC(C)=O)cc1. The van der Waals surface area contributed by atoms with E-state index >= 15 is 0 Å². The molecular formula is C13H17NO5S. The Kier molecular flexibility index (Phi) is 5.69. The molecule has 6 nitrogen and oxygen atoms in total. The van der Waals surface area contributed by atoms with Crippen molar-refractivity contribution < 1.29 is 22.7 Å². The van der Waals surface area contributed by atoms with E-state index in [9.17, 15) is 18.0 Å². The maximum atomic E-state index is 12.0. The quantitative estimate of drug-likeness (QED) is 0.633. The van der Waals surface area contributed by atoms with Crippen molar-refractivity contribution in [2.45, 2.75) is 25.2 Å². The van der Waals surface area contributed by atoms with Gasteiger partial charge in [-0.15, -0.1) is 0 Å². The maximum Gasteiger partial charge on any atom is 0.302 e. The van der Waals surface area contributed by atoms with Gasteiger partial charge < -0.3 is 10.1 Å². The second-order valence-electron chi connectivity index (χ2n) is 4.22. The van der Waals surface area contributed by atoms with E-state index in [-0.39, 0.29) is 29.6 Å². The Morgan fingerprint density at radius 3 is 2.25 bits per heavy atom. The van der Waals surface area contributed by atoms with Crippen LogP contribution in [-0.4, -0.2) is 32.7 Å². The third-order valence-corrected chi connectivity index (χ3v) is 4.21. The van der Waals surface area contributed by atoms with Crippen LogP contribution in [-0.2, 0) is 24.2 Å². The van der Waals surface area contributed by atoms with Crippen LogP contribution >= 0.6 is 0 Å². The fraction of sp³-hybridized carbons (Fsp3) is 0.385. The molecular weight excluding hydrogens is 282 g/mol. The number of amides is 1. The highest BCUT2D eigenvalue weighted by Gasteiger charge is 2.14. The number of ether oxygens (including phenoxy) is 1. The van der Waals surface area contributed by atoms with Gasteiger partial charge in [-0.1, -0.05) is 0 Å². The molecule has 0 saturated heterocycles. The summed E-state index contributed by atoms with van der Waals surface area (Å²) in [6.07, 6.45) is 0.245. The number of sulfone groups is 1. The van der Waals surface area contributed by atoms with Crippen molar-refractivity contribution in [1.29, 1.82) is 0 Å². The van der Waals surface area contributed by atoms with Gasteiger partial charge in [-0.05, 0) is 30.7 Å². The molecule has 20 heavy (non-hydrogen) atoms. The molecule has 1 amide bonds. The summed E-state index contributed by atoms with van der Waals surface area (Å²) in [5.41, 5.74) is 0.538. The molecule has 0 aromatic heterocycles. The van der Waals surface area contributed by atoms with Gasteiger partial charge in [0.25, 0.3) is 0 Å². The van der Waals surface area contributed by atoms with Crippen molar-refractivity contribution in [3.63, 3.8) is 0 Å². The summed E-state index contributed by atoms with van der Waals surface area (Å²) in [4.78, 5) is 21.6. The Balaban J connectivity index is 2.63. The fourth-order valence-corrected chi connectivity index (χ4v) is 2.82. The first-order valence-corrected chi connectivity index (χ1v) is 7.70. The summed E-state index contributed by atoms with van der Waals surface area (Å²) < 4.78 is 28.7. The first kappa shape index (κ1) is 16.2. The van der Waals surface area contributed by atoms with Gasteiger partial charge in [0.1, 0.15) is 0 Å². The molecule has 110 valence electrons. The zero-order chi connectivity index (χ0) is 15.2. The van der Waals surface area contributed by atoms with Gasteiger partial charge in [0.05, 0.1) is 17.3 Å². The topological polar surface area (TPSA) is 89.5 Å². The highest BCUT2D eigenvalue weighted by molar-refractivity contribution is 7.91. The number of esters is 1. The molecule has 0 radical (unpaired) electrons. The minimum Gasteiger partial charge on any atom is -0.466 e. The third-order valence-electron chi connectivity index (χ3n) is 2.40. The second kappa shape index (κ2) is 7.04. The molecule has 7 heteroatoms. The summed E-state index contributed by atoms with van der Waals surface area (Å²) in [6.45, 7) is 2.73. The highest BCUT2D eigenvalue weighted by atomic mass is 32.2. The van der Waals surface area contributed by atoms with E-state index < -0.39 is 15.8 Å². The van der Waals surface area contributed by atoms with Crippen LogP contribution in [0.5, 0.6) is 0 Å². The monoisotopic (exact) mass is 299 g/mol. The molecule has 0 atom stereocenters. The van der Waals surface area contributed by atoms with Gasteiger partial charge >= 0.3 is 5.97 Å². The van der Waals surface area contributed by atoms with Gasteiger partial charge in [0, 0.05) is 19.5 Å². The normalized spacial score (nSPS) is 10.9. The van der Waals surface area contributed by atoms with Crippen LogP contribution in [0.3, 0.4) is 0 Å². The lowest BCUT2D eigenvalue weighted by Crippen LogP contribution is -2.11. The number of hydrogen-bond donors (Lipinski definition) is 1. The van der Waals surface area contributed by atoms with Crippen molar-refractivity contribution in [3.05, 3.63) is 24.3 Å². The van der Waals surface area contributed by atoms with E-state index in [2.05, 4.69) is 10.1 Å². The molecule has 0 spiro atoms. The molecule has 0 aliphatic rings. The first-order valence-electron chi connectivity index (χ1n) is 6.05. The van der Waals surface area contributed by atoms with E-state index in [1.807, 2.05) is 0 Å². The average molecular weight is 299 g/mol. The number of rotatable bonds is 6. The van der Waals surface area contributed by atoms with Crippen molar-refractivity contribution in [2.75, 3.05) is 17.7 Å². The van der Waals surface area contributed by atoms with E-state index in [1.165, 1.54) is 38.1 Å². The lowest BCUT2D eigenvalue weighted by Gasteiger charge is -2.06. The first-order chi connectivity index (χ1) is 9.31. The number of carbonyl (C=O) groups excluding carboxylic acids is 2. The minimum atomic E-state index is -3.41. The number of carbonyl (C=O) groups is 2. The lowest BCUT2D eigenvalue weighted by molar-refractivity contribution is -0.140. The molecule has 0 saturated carbocycles. The van der Waals surface area contributed by atoms with Crippen LogP contribution in [0.4, 0.5) is 5.69 Å². The zero-order valence-corrected chi connectivity index (χ0v) is 12.2. The minimum absolute atomic E-state index is 0.0819. The molecule has 0 fully saturated rings. The van der Waals surface area contributed by atoms with Crippen LogP contribution in [0.1, 0.15) is 20.3 Å². The third kappa shape index (κ3) is 5.40. The second-order valence-corrected chi connectivity index (χ2v) is 6.33. The van der Waals surface area contributed by atoms with Crippen molar-refractivity contribution in [1.82, 2.24) is 0 Å². The Morgan fingerprint density at radius 1 is 1.15 bits per heavy atom. The summed E-state index contributed by atoms with van der Waals surface area (Å²) >= 11 is 0. The van der Waals surface area contributed by atoms with Gasteiger partial charge in [-0.2, -0.15) is 0 Å². The van der Waals surface area contributed by atoms with Crippen molar-refractivity contribution >= 4 is 27.4 Å². The Hall–Kier alpha value is -1.89. The Labute approximate surface area is 118 Å². The van der Waals surface area contributed by atoms with Crippen LogP contribution in [0.25, 0.3) is 0 Å². The fourth-order valence-electron chi connectivity index (χ4n) is 1.53. The van der Waals surface area contributed by atoms with Gasteiger partial charge in [0.15, 0.2) is 9.84 Å². The largest absolute Gasteiger partial charge is 0.466 e. The molecule has 1 aromatic rings. The highest BCUT2D eigenvalue weighted by Crippen LogP contribution is 2.16. The number of benzene rings is 1. The van der Waals surface area contributed by atoms with Crippen LogP contribution < -0.4 is 5.32 Å². The number of anilines is 1. The van der Waals surface area contributed by atoms with E-state index in [0.717, 1.165) is 0 Å². The van der Waals surface area contributed by atoms with Crippen molar-refractivity contribution in [3.8, 4) is 0 Å².